The minimum absolute atomic E-state index is 0.177. The molecule has 0 aliphatic heterocycles. The van der Waals surface area contributed by atoms with E-state index in [4.69, 9.17) is 19.6 Å². The SMILES string of the molecule is NC(=O)c1ccsc1NC(=O)COC(=O)COc1ccc2ccc(=O)oc2c1. The lowest BCUT2D eigenvalue weighted by atomic mass is 10.2. The van der Waals surface area contributed by atoms with Crippen molar-refractivity contribution < 1.29 is 28.3 Å². The summed E-state index contributed by atoms with van der Waals surface area (Å²) in [6, 6.07) is 9.13. The van der Waals surface area contributed by atoms with Gasteiger partial charge >= 0.3 is 11.6 Å². The number of carbonyl (C=O) groups is 3. The molecule has 0 radical (unpaired) electrons. The summed E-state index contributed by atoms with van der Waals surface area (Å²) in [6.07, 6.45) is 0. The van der Waals surface area contributed by atoms with Gasteiger partial charge in [-0.2, -0.15) is 0 Å². The molecule has 1 aromatic carbocycles. The summed E-state index contributed by atoms with van der Waals surface area (Å²) in [5, 5.41) is 5.03. The molecule has 10 heteroatoms. The third-order valence-electron chi connectivity index (χ3n) is 3.50. The number of benzene rings is 1. The molecular weight excluding hydrogens is 388 g/mol. The second-order valence-corrected chi connectivity index (χ2v) is 6.40. The Bertz CT molecular complexity index is 1100. The second-order valence-electron chi connectivity index (χ2n) is 5.48. The molecule has 3 N–H and O–H groups in total. The summed E-state index contributed by atoms with van der Waals surface area (Å²) in [5.41, 5.74) is 5.18. The molecule has 0 saturated heterocycles. The third kappa shape index (κ3) is 4.74. The molecule has 3 rings (SSSR count). The van der Waals surface area contributed by atoms with E-state index >= 15 is 0 Å². The smallest absolute Gasteiger partial charge is 0.344 e. The number of ether oxygens (including phenoxy) is 2. The normalized spacial score (nSPS) is 10.4. The van der Waals surface area contributed by atoms with Crippen LogP contribution in [0.2, 0.25) is 0 Å². The molecule has 0 fully saturated rings. The van der Waals surface area contributed by atoms with Crippen LogP contribution in [-0.2, 0) is 14.3 Å². The molecule has 2 aromatic heterocycles. The van der Waals surface area contributed by atoms with Crippen molar-refractivity contribution in [2.75, 3.05) is 18.5 Å². The predicted molar refractivity (Wildman–Crippen MR) is 100 cm³/mol. The van der Waals surface area contributed by atoms with Gasteiger partial charge in [-0.25, -0.2) is 9.59 Å². The Kier molecular flexibility index (Phi) is 5.70. The first-order valence-corrected chi connectivity index (χ1v) is 8.80. The van der Waals surface area contributed by atoms with Gasteiger partial charge in [-0.05, 0) is 29.6 Å². The molecular formula is C18H14N2O7S. The van der Waals surface area contributed by atoms with E-state index in [-0.39, 0.29) is 10.6 Å². The molecule has 2 heterocycles. The quantitative estimate of drug-likeness (QED) is 0.451. The maximum atomic E-state index is 11.8. The van der Waals surface area contributed by atoms with Crippen molar-refractivity contribution in [3.63, 3.8) is 0 Å². The highest BCUT2D eigenvalue weighted by atomic mass is 32.1. The highest BCUT2D eigenvalue weighted by molar-refractivity contribution is 7.14. The van der Waals surface area contributed by atoms with Gasteiger partial charge in [-0.15, -0.1) is 11.3 Å². The van der Waals surface area contributed by atoms with Gasteiger partial charge in [0.2, 0.25) is 0 Å². The zero-order valence-electron chi connectivity index (χ0n) is 14.3. The van der Waals surface area contributed by atoms with Crippen LogP contribution in [-0.4, -0.2) is 31.0 Å². The van der Waals surface area contributed by atoms with Gasteiger partial charge in [-0.1, -0.05) is 0 Å². The highest BCUT2D eigenvalue weighted by Gasteiger charge is 2.14. The Morgan fingerprint density at radius 2 is 1.89 bits per heavy atom. The number of hydrogen-bond donors (Lipinski definition) is 2. The summed E-state index contributed by atoms with van der Waals surface area (Å²) in [7, 11) is 0. The topological polar surface area (TPSA) is 138 Å². The van der Waals surface area contributed by atoms with E-state index in [9.17, 15) is 19.2 Å². The second kappa shape index (κ2) is 8.35. The summed E-state index contributed by atoms with van der Waals surface area (Å²) < 4.78 is 15.1. The van der Waals surface area contributed by atoms with Crippen LogP contribution >= 0.6 is 11.3 Å². The number of hydrogen-bond acceptors (Lipinski definition) is 8. The maximum absolute atomic E-state index is 11.8. The van der Waals surface area contributed by atoms with Crippen molar-refractivity contribution in [2.45, 2.75) is 0 Å². The number of nitrogens with one attached hydrogen (secondary N) is 1. The number of anilines is 1. The lowest BCUT2D eigenvalue weighted by molar-refractivity contribution is -0.149. The molecule has 0 spiro atoms. The number of thiophene rings is 1. The van der Waals surface area contributed by atoms with Crippen LogP contribution in [0.3, 0.4) is 0 Å². The summed E-state index contributed by atoms with van der Waals surface area (Å²) >= 11 is 1.12. The van der Waals surface area contributed by atoms with Crippen molar-refractivity contribution in [3.05, 3.63) is 57.8 Å². The monoisotopic (exact) mass is 402 g/mol. The Balaban J connectivity index is 1.49. The Morgan fingerprint density at radius 3 is 2.68 bits per heavy atom. The van der Waals surface area contributed by atoms with Gasteiger partial charge in [0.05, 0.1) is 5.56 Å². The molecule has 0 aliphatic carbocycles. The Hall–Kier alpha value is -3.66. The zero-order valence-corrected chi connectivity index (χ0v) is 15.1. The first-order valence-electron chi connectivity index (χ1n) is 7.92. The largest absolute Gasteiger partial charge is 0.482 e. The number of fused-ring (bicyclic) bond motifs is 1. The van der Waals surface area contributed by atoms with Crippen molar-refractivity contribution in [3.8, 4) is 5.75 Å². The fraction of sp³-hybridized carbons (Fsp3) is 0.111. The number of amides is 2. The van der Waals surface area contributed by atoms with Gasteiger partial charge in [0.25, 0.3) is 11.8 Å². The van der Waals surface area contributed by atoms with E-state index in [2.05, 4.69) is 5.32 Å². The number of carbonyl (C=O) groups excluding carboxylic acids is 3. The van der Waals surface area contributed by atoms with E-state index in [1.807, 2.05) is 0 Å². The van der Waals surface area contributed by atoms with Gasteiger partial charge in [0.15, 0.2) is 13.2 Å². The van der Waals surface area contributed by atoms with Crippen LogP contribution in [0.25, 0.3) is 11.0 Å². The summed E-state index contributed by atoms with van der Waals surface area (Å²) in [5.74, 6) is -1.77. The maximum Gasteiger partial charge on any atom is 0.344 e. The van der Waals surface area contributed by atoms with Gasteiger partial charge in [0, 0.05) is 17.5 Å². The number of nitrogens with two attached hydrogens (primary N) is 1. The van der Waals surface area contributed by atoms with Crippen LogP contribution < -0.4 is 21.4 Å². The standard InChI is InChI=1S/C18H14N2O7S/c19-17(24)12-5-6-28-18(12)20-14(21)8-26-16(23)9-25-11-3-1-10-2-4-15(22)27-13(10)7-11/h1-7H,8-9H2,(H2,19,24)(H,20,21). The van der Waals surface area contributed by atoms with E-state index in [0.717, 1.165) is 11.3 Å². The van der Waals surface area contributed by atoms with Gasteiger partial charge in [-0.3, -0.25) is 9.59 Å². The predicted octanol–water partition coefficient (Wildman–Crippen LogP) is 1.51. The van der Waals surface area contributed by atoms with Gasteiger partial charge in [0.1, 0.15) is 16.3 Å². The van der Waals surface area contributed by atoms with Crippen LogP contribution in [0.4, 0.5) is 5.00 Å². The average molecular weight is 402 g/mol. The molecule has 28 heavy (non-hydrogen) atoms. The van der Waals surface area contributed by atoms with Crippen molar-refractivity contribution in [2.24, 2.45) is 5.73 Å². The van der Waals surface area contributed by atoms with Crippen LogP contribution in [0.15, 0.2) is 51.0 Å². The number of rotatable bonds is 7. The van der Waals surface area contributed by atoms with E-state index in [0.29, 0.717) is 16.7 Å². The minimum atomic E-state index is -0.772. The summed E-state index contributed by atoms with van der Waals surface area (Å²) in [4.78, 5) is 46.0. The summed E-state index contributed by atoms with van der Waals surface area (Å²) in [6.45, 7) is -0.994. The van der Waals surface area contributed by atoms with E-state index in [1.165, 1.54) is 18.2 Å². The number of primary amides is 1. The zero-order chi connectivity index (χ0) is 20.1. The molecule has 0 saturated carbocycles. The third-order valence-corrected chi connectivity index (χ3v) is 4.33. The van der Waals surface area contributed by atoms with Crippen molar-refractivity contribution in [1.29, 1.82) is 0 Å². The lowest BCUT2D eigenvalue weighted by Crippen LogP contribution is -2.24. The molecule has 3 aromatic rings. The van der Waals surface area contributed by atoms with E-state index < -0.39 is 36.6 Å². The van der Waals surface area contributed by atoms with Crippen molar-refractivity contribution >= 4 is 45.1 Å². The number of esters is 1. The molecule has 0 bridgehead atoms. The fourth-order valence-corrected chi connectivity index (χ4v) is 3.03. The fourth-order valence-electron chi connectivity index (χ4n) is 2.22. The van der Waals surface area contributed by atoms with Crippen molar-refractivity contribution in [1.82, 2.24) is 0 Å². The molecule has 9 nitrogen and oxygen atoms in total. The minimum Gasteiger partial charge on any atom is -0.482 e. The molecule has 144 valence electrons. The first-order chi connectivity index (χ1) is 13.4. The van der Waals surface area contributed by atoms with Gasteiger partial charge < -0.3 is 24.9 Å². The molecule has 0 unspecified atom stereocenters. The van der Waals surface area contributed by atoms with Crippen LogP contribution in [0, 0.1) is 0 Å². The highest BCUT2D eigenvalue weighted by Crippen LogP contribution is 2.22. The molecule has 2 amide bonds. The Labute approximate surface area is 161 Å². The van der Waals surface area contributed by atoms with Crippen LogP contribution in [0.1, 0.15) is 10.4 Å². The Morgan fingerprint density at radius 1 is 1.11 bits per heavy atom. The first kappa shape index (κ1) is 19.1. The van der Waals surface area contributed by atoms with Crippen LogP contribution in [0.5, 0.6) is 5.75 Å². The molecule has 0 aliphatic rings. The molecule has 0 atom stereocenters. The van der Waals surface area contributed by atoms with E-state index in [1.54, 1.807) is 23.6 Å². The average Bonchev–Trinajstić information content (AvgIpc) is 3.12. The lowest BCUT2D eigenvalue weighted by Gasteiger charge is -2.08.